The van der Waals surface area contributed by atoms with E-state index in [4.69, 9.17) is 0 Å². The second kappa shape index (κ2) is 4.48. The van der Waals surface area contributed by atoms with Crippen molar-refractivity contribution in [3.8, 4) is 0 Å². The Kier molecular flexibility index (Phi) is 3.77. The van der Waals surface area contributed by atoms with E-state index in [1.165, 1.54) is 12.8 Å². The molecular formula is C13H24O. The van der Waals surface area contributed by atoms with Gasteiger partial charge in [-0.2, -0.15) is 0 Å². The molecule has 0 aromatic carbocycles. The van der Waals surface area contributed by atoms with Crippen molar-refractivity contribution < 1.29 is 5.11 Å². The van der Waals surface area contributed by atoms with Gasteiger partial charge in [0.2, 0.25) is 0 Å². The summed E-state index contributed by atoms with van der Waals surface area (Å²) in [6.07, 6.45) is 5.89. The Morgan fingerprint density at radius 1 is 1.57 bits per heavy atom. The van der Waals surface area contributed by atoms with Gasteiger partial charge in [-0.3, -0.25) is 0 Å². The van der Waals surface area contributed by atoms with Crippen LogP contribution in [-0.2, 0) is 0 Å². The molecule has 0 saturated heterocycles. The minimum atomic E-state index is -0.465. The van der Waals surface area contributed by atoms with Crippen molar-refractivity contribution in [3.05, 3.63) is 12.7 Å². The van der Waals surface area contributed by atoms with Gasteiger partial charge in [-0.25, -0.2) is 0 Å². The van der Waals surface area contributed by atoms with Gasteiger partial charge in [-0.05, 0) is 43.4 Å². The maximum atomic E-state index is 10.4. The molecule has 1 N–H and O–H groups in total. The maximum absolute atomic E-state index is 10.4. The van der Waals surface area contributed by atoms with Gasteiger partial charge in [0.05, 0.1) is 5.60 Å². The van der Waals surface area contributed by atoms with Crippen LogP contribution in [0.5, 0.6) is 0 Å². The molecule has 3 unspecified atom stereocenters. The van der Waals surface area contributed by atoms with Gasteiger partial charge in [0.25, 0.3) is 0 Å². The van der Waals surface area contributed by atoms with Crippen LogP contribution in [0.1, 0.15) is 46.5 Å². The molecule has 1 fully saturated rings. The third-order valence-electron chi connectivity index (χ3n) is 3.96. The van der Waals surface area contributed by atoms with Crippen LogP contribution in [0.3, 0.4) is 0 Å². The molecule has 0 radical (unpaired) electrons. The molecular weight excluding hydrogens is 172 g/mol. The largest absolute Gasteiger partial charge is 0.389 e. The topological polar surface area (TPSA) is 20.2 Å². The van der Waals surface area contributed by atoms with E-state index >= 15 is 0 Å². The lowest BCUT2D eigenvalue weighted by molar-refractivity contribution is -0.0576. The van der Waals surface area contributed by atoms with Crippen LogP contribution in [0.15, 0.2) is 12.7 Å². The first-order chi connectivity index (χ1) is 6.49. The van der Waals surface area contributed by atoms with E-state index in [-0.39, 0.29) is 0 Å². The summed E-state index contributed by atoms with van der Waals surface area (Å²) in [6, 6.07) is 0. The first-order valence-corrected chi connectivity index (χ1v) is 5.83. The Bertz CT molecular complexity index is 197. The lowest BCUT2D eigenvalue weighted by Crippen LogP contribution is -2.42. The lowest BCUT2D eigenvalue weighted by Gasteiger charge is -2.42. The van der Waals surface area contributed by atoms with Crippen LogP contribution < -0.4 is 0 Å². The maximum Gasteiger partial charge on any atom is 0.0707 e. The van der Waals surface area contributed by atoms with Crippen LogP contribution in [-0.4, -0.2) is 10.7 Å². The summed E-state index contributed by atoms with van der Waals surface area (Å²) >= 11 is 0. The predicted octanol–water partition coefficient (Wildman–Crippen LogP) is 3.39. The molecule has 3 atom stereocenters. The standard InChI is InChI=1S/C13H24O/c1-5-7-13(14)8-6-12(10(2)3)9-11(13)4/h5,10-12,14H,1,6-9H2,2-4H3. The third-order valence-corrected chi connectivity index (χ3v) is 3.96. The number of hydrogen-bond acceptors (Lipinski definition) is 1. The second-order valence-electron chi connectivity index (χ2n) is 5.28. The van der Waals surface area contributed by atoms with Crippen LogP contribution in [0.2, 0.25) is 0 Å². The summed E-state index contributed by atoms with van der Waals surface area (Å²) in [5.41, 5.74) is -0.465. The first-order valence-electron chi connectivity index (χ1n) is 5.83. The summed E-state index contributed by atoms with van der Waals surface area (Å²) in [7, 11) is 0. The monoisotopic (exact) mass is 196 g/mol. The average Bonchev–Trinajstić information content (AvgIpc) is 2.10. The van der Waals surface area contributed by atoms with Gasteiger partial charge >= 0.3 is 0 Å². The van der Waals surface area contributed by atoms with E-state index in [0.717, 1.165) is 24.7 Å². The van der Waals surface area contributed by atoms with Crippen molar-refractivity contribution in [2.75, 3.05) is 0 Å². The van der Waals surface area contributed by atoms with E-state index in [1.54, 1.807) is 0 Å². The van der Waals surface area contributed by atoms with Crippen molar-refractivity contribution in [1.29, 1.82) is 0 Å². The summed E-state index contributed by atoms with van der Waals surface area (Å²) in [6.45, 7) is 10.5. The molecule has 1 nitrogen and oxygen atoms in total. The molecule has 0 aromatic rings. The molecule has 1 saturated carbocycles. The Balaban J connectivity index is 2.59. The average molecular weight is 196 g/mol. The smallest absolute Gasteiger partial charge is 0.0707 e. The molecule has 82 valence electrons. The van der Waals surface area contributed by atoms with Crippen molar-refractivity contribution in [2.45, 2.75) is 52.1 Å². The third kappa shape index (κ3) is 2.38. The molecule has 0 amide bonds. The Hall–Kier alpha value is -0.300. The molecule has 0 aliphatic heterocycles. The molecule has 14 heavy (non-hydrogen) atoms. The Morgan fingerprint density at radius 2 is 2.21 bits per heavy atom. The minimum absolute atomic E-state index is 0.418. The highest BCUT2D eigenvalue weighted by Crippen LogP contribution is 2.41. The first kappa shape index (κ1) is 11.8. The fraction of sp³-hybridized carbons (Fsp3) is 0.846. The van der Waals surface area contributed by atoms with Gasteiger partial charge in [0.15, 0.2) is 0 Å². The van der Waals surface area contributed by atoms with E-state index < -0.39 is 5.60 Å². The van der Waals surface area contributed by atoms with Gasteiger partial charge in [0.1, 0.15) is 0 Å². The van der Waals surface area contributed by atoms with Crippen LogP contribution in [0, 0.1) is 17.8 Å². The van der Waals surface area contributed by atoms with E-state index in [1.807, 2.05) is 6.08 Å². The zero-order valence-electron chi connectivity index (χ0n) is 9.79. The quantitative estimate of drug-likeness (QED) is 0.686. The highest BCUT2D eigenvalue weighted by Gasteiger charge is 2.38. The predicted molar refractivity (Wildman–Crippen MR) is 61.1 cm³/mol. The highest BCUT2D eigenvalue weighted by atomic mass is 16.3. The summed E-state index contributed by atoms with van der Waals surface area (Å²) in [5, 5.41) is 10.4. The minimum Gasteiger partial charge on any atom is -0.389 e. The van der Waals surface area contributed by atoms with Crippen molar-refractivity contribution in [2.24, 2.45) is 17.8 Å². The second-order valence-corrected chi connectivity index (χ2v) is 5.28. The number of aliphatic hydroxyl groups is 1. The summed E-state index contributed by atoms with van der Waals surface area (Å²) < 4.78 is 0. The number of hydrogen-bond donors (Lipinski definition) is 1. The van der Waals surface area contributed by atoms with Crippen molar-refractivity contribution >= 4 is 0 Å². The highest BCUT2D eigenvalue weighted by molar-refractivity contribution is 4.95. The molecule has 0 bridgehead atoms. The molecule has 0 spiro atoms. The fourth-order valence-corrected chi connectivity index (χ4v) is 2.63. The van der Waals surface area contributed by atoms with Gasteiger partial charge in [-0.15, -0.1) is 6.58 Å². The molecule has 1 aliphatic rings. The Morgan fingerprint density at radius 3 is 2.64 bits per heavy atom. The zero-order valence-corrected chi connectivity index (χ0v) is 9.79. The molecule has 0 aromatic heterocycles. The molecule has 1 rings (SSSR count). The van der Waals surface area contributed by atoms with Crippen molar-refractivity contribution in [3.63, 3.8) is 0 Å². The molecule has 1 aliphatic carbocycles. The summed E-state index contributed by atoms with van der Waals surface area (Å²) in [5.74, 6) is 1.97. The van der Waals surface area contributed by atoms with Crippen molar-refractivity contribution in [1.82, 2.24) is 0 Å². The fourth-order valence-electron chi connectivity index (χ4n) is 2.63. The van der Waals surface area contributed by atoms with Crippen LogP contribution >= 0.6 is 0 Å². The van der Waals surface area contributed by atoms with E-state index in [2.05, 4.69) is 27.4 Å². The summed E-state index contributed by atoms with van der Waals surface area (Å²) in [4.78, 5) is 0. The van der Waals surface area contributed by atoms with Crippen LogP contribution in [0.4, 0.5) is 0 Å². The van der Waals surface area contributed by atoms with E-state index in [9.17, 15) is 5.11 Å². The molecule has 0 heterocycles. The molecule has 1 heteroatoms. The SMILES string of the molecule is C=CCC1(O)CCC(C(C)C)CC1C. The Labute approximate surface area is 88.2 Å². The zero-order chi connectivity index (χ0) is 10.8. The van der Waals surface area contributed by atoms with Gasteiger partial charge < -0.3 is 5.11 Å². The lowest BCUT2D eigenvalue weighted by atomic mass is 9.67. The van der Waals surface area contributed by atoms with Gasteiger partial charge in [0, 0.05) is 0 Å². The van der Waals surface area contributed by atoms with Crippen LogP contribution in [0.25, 0.3) is 0 Å². The normalized spacial score (nSPS) is 38.6. The number of rotatable bonds is 3. The van der Waals surface area contributed by atoms with Gasteiger partial charge in [-0.1, -0.05) is 26.8 Å². The van der Waals surface area contributed by atoms with E-state index in [0.29, 0.717) is 5.92 Å².